The molecule has 1 heterocycles. The van der Waals surface area contributed by atoms with Crippen molar-refractivity contribution >= 4 is 27.3 Å². The molecule has 3 heteroatoms. The zero-order valence-electron chi connectivity index (χ0n) is 13.1. The minimum atomic E-state index is 0.0999. The normalized spacial score (nSPS) is 14.4. The molecule has 118 valence electrons. The monoisotopic (exact) mass is 376 g/mol. The van der Waals surface area contributed by atoms with E-state index in [1.54, 1.807) is 0 Å². The van der Waals surface area contributed by atoms with Crippen molar-refractivity contribution in [3.8, 4) is 0 Å². The minimum absolute atomic E-state index is 0.0999. The van der Waals surface area contributed by atoms with E-state index in [-0.39, 0.29) is 6.17 Å². The fraction of sp³-hybridized carbons (Fsp3) is 0.0476. The van der Waals surface area contributed by atoms with Gasteiger partial charge in [-0.1, -0.05) is 64.5 Å². The first-order chi connectivity index (χ1) is 11.8. The molecule has 0 radical (unpaired) electrons. The SMILES string of the molecule is Brc1ccc(C2N(c3ccccc3)C=CN2c2ccccc2)cc1. The van der Waals surface area contributed by atoms with Gasteiger partial charge in [0.1, 0.15) is 6.17 Å². The summed E-state index contributed by atoms with van der Waals surface area (Å²) < 4.78 is 1.09. The third kappa shape index (κ3) is 2.83. The van der Waals surface area contributed by atoms with Crippen LogP contribution in [0.1, 0.15) is 11.7 Å². The van der Waals surface area contributed by atoms with Crippen LogP contribution >= 0.6 is 15.9 Å². The molecule has 0 unspecified atom stereocenters. The number of para-hydroxylation sites is 2. The molecular weight excluding hydrogens is 360 g/mol. The number of nitrogens with zero attached hydrogens (tertiary/aromatic N) is 2. The van der Waals surface area contributed by atoms with Gasteiger partial charge in [-0.25, -0.2) is 0 Å². The Hall–Kier alpha value is -2.52. The predicted octanol–water partition coefficient (Wildman–Crippen LogP) is 5.95. The van der Waals surface area contributed by atoms with E-state index in [4.69, 9.17) is 0 Å². The third-order valence-electron chi connectivity index (χ3n) is 4.19. The quantitative estimate of drug-likeness (QED) is 0.557. The minimum Gasteiger partial charge on any atom is -0.321 e. The highest BCUT2D eigenvalue weighted by molar-refractivity contribution is 9.10. The average Bonchev–Trinajstić information content (AvgIpc) is 3.09. The second kappa shape index (κ2) is 6.54. The van der Waals surface area contributed by atoms with Crippen LogP contribution in [-0.4, -0.2) is 0 Å². The Morgan fingerprint density at radius 2 is 1.04 bits per heavy atom. The van der Waals surface area contributed by atoms with Crippen molar-refractivity contribution in [1.82, 2.24) is 0 Å². The molecule has 4 rings (SSSR count). The van der Waals surface area contributed by atoms with E-state index in [9.17, 15) is 0 Å². The van der Waals surface area contributed by atoms with Crippen LogP contribution in [0.4, 0.5) is 11.4 Å². The summed E-state index contributed by atoms with van der Waals surface area (Å²) in [6.07, 6.45) is 4.40. The molecule has 0 aliphatic carbocycles. The van der Waals surface area contributed by atoms with Crippen molar-refractivity contribution in [3.05, 3.63) is 107 Å². The molecule has 0 saturated heterocycles. The van der Waals surface area contributed by atoms with Gasteiger partial charge in [0.25, 0.3) is 0 Å². The summed E-state index contributed by atoms with van der Waals surface area (Å²) in [4.78, 5) is 4.60. The van der Waals surface area contributed by atoms with Gasteiger partial charge in [0.2, 0.25) is 0 Å². The highest BCUT2D eigenvalue weighted by Gasteiger charge is 2.29. The molecule has 0 aromatic heterocycles. The lowest BCUT2D eigenvalue weighted by molar-refractivity contribution is 0.734. The van der Waals surface area contributed by atoms with Crippen molar-refractivity contribution in [3.63, 3.8) is 0 Å². The lowest BCUT2D eigenvalue weighted by atomic mass is 10.1. The Morgan fingerprint density at radius 3 is 1.50 bits per heavy atom. The molecule has 0 saturated carbocycles. The third-order valence-corrected chi connectivity index (χ3v) is 4.72. The Labute approximate surface area is 150 Å². The Bertz CT molecular complexity index is 779. The topological polar surface area (TPSA) is 6.48 Å². The van der Waals surface area contributed by atoms with Gasteiger partial charge >= 0.3 is 0 Å². The van der Waals surface area contributed by atoms with Crippen LogP contribution in [0, 0.1) is 0 Å². The molecule has 0 N–H and O–H groups in total. The van der Waals surface area contributed by atoms with Crippen molar-refractivity contribution in [2.75, 3.05) is 9.80 Å². The van der Waals surface area contributed by atoms with Crippen LogP contribution in [0.5, 0.6) is 0 Å². The van der Waals surface area contributed by atoms with E-state index in [2.05, 4.69) is 111 Å². The standard InChI is InChI=1S/C21H17BrN2/c22-18-13-11-17(12-14-18)21-23(19-7-3-1-4-8-19)15-16-24(21)20-9-5-2-6-10-20/h1-16,21H. The molecule has 0 fully saturated rings. The molecule has 0 atom stereocenters. The van der Waals surface area contributed by atoms with E-state index in [1.807, 2.05) is 12.1 Å². The maximum absolute atomic E-state index is 3.53. The zero-order valence-corrected chi connectivity index (χ0v) is 14.7. The van der Waals surface area contributed by atoms with Crippen molar-refractivity contribution in [2.24, 2.45) is 0 Å². The number of halogens is 1. The fourth-order valence-electron chi connectivity index (χ4n) is 3.05. The fourth-order valence-corrected chi connectivity index (χ4v) is 3.32. The van der Waals surface area contributed by atoms with Gasteiger partial charge in [-0.3, -0.25) is 0 Å². The van der Waals surface area contributed by atoms with E-state index < -0.39 is 0 Å². The van der Waals surface area contributed by atoms with Crippen LogP contribution < -0.4 is 9.80 Å². The number of hydrogen-bond donors (Lipinski definition) is 0. The van der Waals surface area contributed by atoms with E-state index in [0.717, 1.165) is 4.47 Å². The maximum atomic E-state index is 3.53. The molecule has 3 aromatic rings. The number of benzene rings is 3. The van der Waals surface area contributed by atoms with Crippen LogP contribution in [0.3, 0.4) is 0 Å². The van der Waals surface area contributed by atoms with Gasteiger partial charge < -0.3 is 9.80 Å². The summed E-state index contributed by atoms with van der Waals surface area (Å²) in [5.41, 5.74) is 3.61. The summed E-state index contributed by atoms with van der Waals surface area (Å²) in [5, 5.41) is 0. The molecule has 3 aromatic carbocycles. The summed E-state index contributed by atoms with van der Waals surface area (Å²) in [5.74, 6) is 0. The van der Waals surface area contributed by atoms with Crippen LogP contribution in [0.25, 0.3) is 0 Å². The maximum Gasteiger partial charge on any atom is 0.136 e. The molecule has 1 aliphatic rings. The molecule has 0 amide bonds. The van der Waals surface area contributed by atoms with Gasteiger partial charge in [-0.05, 0) is 42.0 Å². The second-order valence-electron chi connectivity index (χ2n) is 5.71. The average molecular weight is 377 g/mol. The van der Waals surface area contributed by atoms with Crippen molar-refractivity contribution in [1.29, 1.82) is 0 Å². The van der Waals surface area contributed by atoms with Gasteiger partial charge in [-0.2, -0.15) is 0 Å². The molecule has 24 heavy (non-hydrogen) atoms. The van der Waals surface area contributed by atoms with Gasteiger partial charge in [0, 0.05) is 28.2 Å². The summed E-state index contributed by atoms with van der Waals surface area (Å²) in [6, 6.07) is 29.5. The number of rotatable bonds is 3. The molecule has 0 bridgehead atoms. The van der Waals surface area contributed by atoms with Crippen LogP contribution in [-0.2, 0) is 0 Å². The smallest absolute Gasteiger partial charge is 0.136 e. The summed E-state index contributed by atoms with van der Waals surface area (Å²) in [7, 11) is 0. The Balaban J connectivity index is 1.78. The van der Waals surface area contributed by atoms with E-state index in [0.29, 0.717) is 0 Å². The lowest BCUT2D eigenvalue weighted by Crippen LogP contribution is -2.30. The van der Waals surface area contributed by atoms with E-state index >= 15 is 0 Å². The van der Waals surface area contributed by atoms with Crippen molar-refractivity contribution < 1.29 is 0 Å². The zero-order chi connectivity index (χ0) is 16.4. The van der Waals surface area contributed by atoms with Crippen LogP contribution in [0.15, 0.2) is 102 Å². The first-order valence-corrected chi connectivity index (χ1v) is 8.73. The Kier molecular flexibility index (Phi) is 4.09. The van der Waals surface area contributed by atoms with Gasteiger partial charge in [-0.15, -0.1) is 0 Å². The van der Waals surface area contributed by atoms with Crippen molar-refractivity contribution in [2.45, 2.75) is 6.17 Å². The predicted molar refractivity (Wildman–Crippen MR) is 104 cm³/mol. The highest BCUT2D eigenvalue weighted by atomic mass is 79.9. The molecule has 1 aliphatic heterocycles. The molecular formula is C21H17BrN2. The van der Waals surface area contributed by atoms with Crippen LogP contribution in [0.2, 0.25) is 0 Å². The first kappa shape index (κ1) is 15.0. The highest BCUT2D eigenvalue weighted by Crippen LogP contribution is 2.38. The summed E-state index contributed by atoms with van der Waals surface area (Å²) in [6.45, 7) is 0. The van der Waals surface area contributed by atoms with E-state index in [1.165, 1.54) is 16.9 Å². The first-order valence-electron chi connectivity index (χ1n) is 7.93. The van der Waals surface area contributed by atoms with Gasteiger partial charge in [0.15, 0.2) is 0 Å². The number of anilines is 2. The molecule has 2 nitrogen and oxygen atoms in total. The lowest BCUT2D eigenvalue weighted by Gasteiger charge is -2.33. The van der Waals surface area contributed by atoms with Gasteiger partial charge in [0.05, 0.1) is 0 Å². The second-order valence-corrected chi connectivity index (χ2v) is 6.62. The number of hydrogen-bond acceptors (Lipinski definition) is 2. The largest absolute Gasteiger partial charge is 0.321 e. The Morgan fingerprint density at radius 1 is 0.583 bits per heavy atom. The molecule has 0 spiro atoms. The summed E-state index contributed by atoms with van der Waals surface area (Å²) >= 11 is 3.53.